The number of amides is 1. The van der Waals surface area contributed by atoms with E-state index in [4.69, 9.17) is 14.7 Å². The van der Waals surface area contributed by atoms with Crippen LogP contribution in [0.2, 0.25) is 0 Å². The summed E-state index contributed by atoms with van der Waals surface area (Å²) in [6, 6.07) is 16.7. The predicted octanol–water partition coefficient (Wildman–Crippen LogP) is 6.35. The highest BCUT2D eigenvalue weighted by molar-refractivity contribution is 7.08. The van der Waals surface area contributed by atoms with E-state index in [1.807, 2.05) is 29.0 Å². The average molecular weight is 444 g/mol. The number of aromatic nitrogens is 2. The van der Waals surface area contributed by atoms with E-state index < -0.39 is 0 Å². The van der Waals surface area contributed by atoms with Crippen LogP contribution < -0.4 is 10.1 Å². The van der Waals surface area contributed by atoms with Gasteiger partial charge < -0.3 is 10.1 Å². The van der Waals surface area contributed by atoms with E-state index in [-0.39, 0.29) is 5.91 Å². The highest BCUT2D eigenvalue weighted by Gasteiger charge is 2.15. The van der Waals surface area contributed by atoms with Crippen LogP contribution >= 0.6 is 22.7 Å². The van der Waals surface area contributed by atoms with Crippen LogP contribution in [0, 0.1) is 0 Å². The lowest BCUT2D eigenvalue weighted by Gasteiger charge is -2.10. The number of methoxy groups -OCH3 is 1. The third kappa shape index (κ3) is 3.93. The van der Waals surface area contributed by atoms with Gasteiger partial charge in [0, 0.05) is 33.1 Å². The first-order valence-corrected chi connectivity index (χ1v) is 11.4. The minimum absolute atomic E-state index is 0.201. The summed E-state index contributed by atoms with van der Waals surface area (Å²) < 4.78 is 5.16. The van der Waals surface area contributed by atoms with Crippen molar-refractivity contribution in [1.82, 2.24) is 9.97 Å². The molecule has 7 heteroatoms. The van der Waals surface area contributed by atoms with E-state index in [0.717, 1.165) is 33.8 Å². The molecule has 0 saturated heterocycles. The fourth-order valence-corrected chi connectivity index (χ4v) is 4.56. The van der Waals surface area contributed by atoms with Crippen molar-refractivity contribution >= 4 is 45.3 Å². The smallest absolute Gasteiger partial charge is 0.255 e. The van der Waals surface area contributed by atoms with Gasteiger partial charge in [0.25, 0.3) is 5.91 Å². The van der Waals surface area contributed by atoms with E-state index in [2.05, 4.69) is 16.1 Å². The topological polar surface area (TPSA) is 64.1 Å². The van der Waals surface area contributed by atoms with Crippen molar-refractivity contribution in [3.05, 3.63) is 81.7 Å². The second-order valence-corrected chi connectivity index (χ2v) is 8.39. The Bertz CT molecular complexity index is 1350. The molecule has 0 unspecified atom stereocenters. The maximum absolute atomic E-state index is 12.8. The van der Waals surface area contributed by atoms with Crippen molar-refractivity contribution in [2.45, 2.75) is 0 Å². The van der Waals surface area contributed by atoms with Gasteiger partial charge in [0.05, 0.1) is 29.5 Å². The molecule has 3 heterocycles. The molecule has 0 saturated carbocycles. The molecule has 0 spiro atoms. The normalized spacial score (nSPS) is 10.9. The molecule has 152 valence electrons. The van der Waals surface area contributed by atoms with Gasteiger partial charge in [-0.25, -0.2) is 9.97 Å². The number of nitrogens with zero attached hydrogens (tertiary/aromatic N) is 2. The van der Waals surface area contributed by atoms with Crippen molar-refractivity contribution in [2.24, 2.45) is 0 Å². The Balaban J connectivity index is 1.53. The molecule has 1 N–H and O–H groups in total. The van der Waals surface area contributed by atoms with E-state index in [9.17, 15) is 4.79 Å². The number of hydrogen-bond acceptors (Lipinski definition) is 6. The summed E-state index contributed by atoms with van der Waals surface area (Å²) in [6.07, 6.45) is 0. The van der Waals surface area contributed by atoms with Crippen molar-refractivity contribution in [3.63, 3.8) is 0 Å². The van der Waals surface area contributed by atoms with Crippen LogP contribution in [0.3, 0.4) is 0 Å². The summed E-state index contributed by atoms with van der Waals surface area (Å²) in [5.41, 5.74) is 6.39. The van der Waals surface area contributed by atoms with Gasteiger partial charge >= 0.3 is 0 Å². The molecular weight excluding hydrogens is 426 g/mol. The first-order chi connectivity index (χ1) is 15.2. The highest BCUT2D eigenvalue weighted by Crippen LogP contribution is 2.33. The first-order valence-electron chi connectivity index (χ1n) is 9.53. The highest BCUT2D eigenvalue weighted by atomic mass is 32.1. The summed E-state index contributed by atoms with van der Waals surface area (Å²) in [4.78, 5) is 22.6. The summed E-state index contributed by atoms with van der Waals surface area (Å²) in [5, 5.41) is 11.1. The maximum Gasteiger partial charge on any atom is 0.255 e. The van der Waals surface area contributed by atoms with E-state index >= 15 is 0 Å². The molecular formula is C24H17N3O2S2. The third-order valence-corrected chi connectivity index (χ3v) is 6.23. The van der Waals surface area contributed by atoms with Crippen LogP contribution in [0.1, 0.15) is 10.4 Å². The van der Waals surface area contributed by atoms with Gasteiger partial charge in [0.2, 0.25) is 0 Å². The number of anilines is 1. The molecule has 3 aromatic heterocycles. The average Bonchev–Trinajstić information content (AvgIpc) is 3.53. The fraction of sp³-hybridized carbons (Fsp3) is 0.0417. The second-order valence-electron chi connectivity index (χ2n) is 6.83. The molecule has 0 aliphatic carbocycles. The summed E-state index contributed by atoms with van der Waals surface area (Å²) in [5.74, 6) is 0.536. The minimum atomic E-state index is -0.201. The molecule has 5 aromatic rings. The standard InChI is InChI=1S/C24H17N3O2S2/c1-29-19-5-3-18(4-6-19)25-24(28)15-2-7-20-21(12-15)27-23(17-9-11-31-14-17)22(26-20)16-8-10-30-13-16/h2-14H,1H3,(H,25,28). The number of rotatable bonds is 5. The maximum atomic E-state index is 12.8. The molecule has 31 heavy (non-hydrogen) atoms. The number of benzene rings is 2. The number of hydrogen-bond donors (Lipinski definition) is 1. The molecule has 5 rings (SSSR count). The monoisotopic (exact) mass is 443 g/mol. The van der Waals surface area contributed by atoms with Gasteiger partial charge in [-0.1, -0.05) is 0 Å². The van der Waals surface area contributed by atoms with Crippen molar-refractivity contribution in [3.8, 4) is 28.3 Å². The van der Waals surface area contributed by atoms with Crippen LogP contribution in [0.4, 0.5) is 5.69 Å². The van der Waals surface area contributed by atoms with Crippen molar-refractivity contribution < 1.29 is 9.53 Å². The van der Waals surface area contributed by atoms with Gasteiger partial charge in [0.1, 0.15) is 5.75 Å². The van der Waals surface area contributed by atoms with E-state index in [1.165, 1.54) is 0 Å². The zero-order valence-electron chi connectivity index (χ0n) is 16.5. The Labute approximate surface area is 187 Å². The SMILES string of the molecule is COc1ccc(NC(=O)c2ccc3nc(-c4ccsc4)c(-c4ccsc4)nc3c2)cc1. The Kier molecular flexibility index (Phi) is 5.19. The number of nitrogens with one attached hydrogen (secondary N) is 1. The molecule has 0 aliphatic heterocycles. The summed E-state index contributed by atoms with van der Waals surface area (Å²) in [6.45, 7) is 0. The number of carbonyl (C=O) groups excluding carboxylic acids is 1. The van der Waals surface area contributed by atoms with Crippen molar-refractivity contribution in [1.29, 1.82) is 0 Å². The molecule has 0 aliphatic rings. The number of thiophene rings is 2. The summed E-state index contributed by atoms with van der Waals surface area (Å²) in [7, 11) is 1.61. The molecule has 5 nitrogen and oxygen atoms in total. The molecule has 2 aromatic carbocycles. The van der Waals surface area contributed by atoms with Crippen LogP contribution in [0.15, 0.2) is 76.1 Å². The van der Waals surface area contributed by atoms with Crippen LogP contribution in [0.25, 0.3) is 33.5 Å². The lowest BCUT2D eigenvalue weighted by molar-refractivity contribution is 0.102. The van der Waals surface area contributed by atoms with Gasteiger partial charge in [-0.2, -0.15) is 22.7 Å². The zero-order valence-corrected chi connectivity index (χ0v) is 18.2. The molecule has 1 amide bonds. The number of carbonyl (C=O) groups is 1. The molecule has 0 atom stereocenters. The van der Waals surface area contributed by atoms with E-state index in [0.29, 0.717) is 16.8 Å². The predicted molar refractivity (Wildman–Crippen MR) is 127 cm³/mol. The van der Waals surface area contributed by atoms with Crippen LogP contribution in [-0.2, 0) is 0 Å². The van der Waals surface area contributed by atoms with Crippen LogP contribution in [-0.4, -0.2) is 23.0 Å². The minimum Gasteiger partial charge on any atom is -0.497 e. The van der Waals surface area contributed by atoms with Gasteiger partial charge in [-0.05, 0) is 65.4 Å². The molecule has 0 fully saturated rings. The third-order valence-electron chi connectivity index (χ3n) is 4.86. The molecule has 0 radical (unpaired) electrons. The lowest BCUT2D eigenvalue weighted by Crippen LogP contribution is -2.12. The first kappa shape index (κ1) is 19.4. The Hall–Kier alpha value is -3.55. The Morgan fingerprint density at radius 3 is 2.06 bits per heavy atom. The number of ether oxygens (including phenoxy) is 1. The molecule has 0 bridgehead atoms. The second kappa shape index (κ2) is 8.29. The van der Waals surface area contributed by atoms with Gasteiger partial charge in [-0.15, -0.1) is 0 Å². The van der Waals surface area contributed by atoms with Crippen LogP contribution in [0.5, 0.6) is 5.75 Å². The Morgan fingerprint density at radius 1 is 0.839 bits per heavy atom. The fourth-order valence-electron chi connectivity index (χ4n) is 3.27. The summed E-state index contributed by atoms with van der Waals surface area (Å²) >= 11 is 3.25. The zero-order chi connectivity index (χ0) is 21.2. The van der Waals surface area contributed by atoms with Gasteiger partial charge in [0.15, 0.2) is 0 Å². The van der Waals surface area contributed by atoms with E-state index in [1.54, 1.807) is 66.2 Å². The lowest BCUT2D eigenvalue weighted by atomic mass is 10.1. The Morgan fingerprint density at radius 2 is 1.48 bits per heavy atom. The largest absolute Gasteiger partial charge is 0.497 e. The van der Waals surface area contributed by atoms with Gasteiger partial charge in [-0.3, -0.25) is 4.79 Å². The van der Waals surface area contributed by atoms with Crippen molar-refractivity contribution in [2.75, 3.05) is 12.4 Å². The quantitative estimate of drug-likeness (QED) is 0.344. The number of fused-ring (bicyclic) bond motifs is 1.